The largest absolute Gasteiger partial charge is 0.507 e. The van der Waals surface area contributed by atoms with E-state index in [1.807, 2.05) is 20.0 Å². The zero-order chi connectivity index (χ0) is 47.7. The third-order valence-corrected chi connectivity index (χ3v) is 12.8. The van der Waals surface area contributed by atoms with E-state index in [0.717, 1.165) is 66.9 Å². The molecule has 1 N–H and O–H groups in total. The predicted molar refractivity (Wildman–Crippen MR) is 277 cm³/mol. The Balaban J connectivity index is 1.40. The first-order valence-corrected chi connectivity index (χ1v) is 23.1. The zero-order valence-corrected chi connectivity index (χ0v) is 41.1. The van der Waals surface area contributed by atoms with Crippen molar-refractivity contribution >= 4 is 11.0 Å². The van der Waals surface area contributed by atoms with E-state index < -0.39 is 5.89 Å². The second-order valence-corrected chi connectivity index (χ2v) is 22.3. The maximum Gasteiger partial charge on any atom is 0.149 e. The van der Waals surface area contributed by atoms with Gasteiger partial charge in [-0.05, 0) is 126 Å². The first kappa shape index (κ1) is 44.0. The lowest BCUT2D eigenvalue weighted by molar-refractivity contribution is 0.446. The molecule has 0 aliphatic rings. The summed E-state index contributed by atoms with van der Waals surface area (Å²) >= 11 is 0. The highest BCUT2D eigenvalue weighted by atomic mass is 16.3. The van der Waals surface area contributed by atoms with Crippen LogP contribution in [0.2, 0.25) is 0 Å². The first-order chi connectivity index (χ1) is 30.8. The van der Waals surface area contributed by atoms with Crippen molar-refractivity contribution in [2.24, 2.45) is 0 Å². The molecule has 0 atom stereocenters. The molecule has 0 saturated heterocycles. The number of phenols is 1. The Bertz CT molecular complexity index is 3080. The van der Waals surface area contributed by atoms with Gasteiger partial charge in [0.2, 0.25) is 0 Å². The predicted octanol–water partition coefficient (Wildman–Crippen LogP) is 16.8. The van der Waals surface area contributed by atoms with Gasteiger partial charge in [-0.15, -0.1) is 0 Å². The minimum absolute atomic E-state index is 0.161. The number of hydrogen-bond donors (Lipinski definition) is 1. The van der Waals surface area contributed by atoms with E-state index in [4.69, 9.17) is 11.3 Å². The summed E-state index contributed by atoms with van der Waals surface area (Å²) in [6.45, 7) is 30.6. The average molecular weight is 859 g/mol. The second kappa shape index (κ2) is 16.6. The molecule has 0 saturated carbocycles. The van der Waals surface area contributed by atoms with Gasteiger partial charge in [-0.25, -0.2) is 4.98 Å². The molecule has 4 nitrogen and oxygen atoms in total. The normalized spacial score (nSPS) is 13.0. The quantitative estimate of drug-likeness (QED) is 0.174. The minimum Gasteiger partial charge on any atom is -0.507 e. The van der Waals surface area contributed by atoms with Crippen LogP contribution < -0.4 is 0 Å². The van der Waals surface area contributed by atoms with Crippen molar-refractivity contribution in [2.75, 3.05) is 0 Å². The van der Waals surface area contributed by atoms with Gasteiger partial charge in [-0.1, -0.05) is 182 Å². The van der Waals surface area contributed by atoms with Crippen LogP contribution in [0.1, 0.15) is 132 Å². The van der Waals surface area contributed by atoms with Gasteiger partial charge in [0.05, 0.1) is 22.3 Å². The van der Waals surface area contributed by atoms with Gasteiger partial charge in [0.25, 0.3) is 0 Å². The van der Waals surface area contributed by atoms with Crippen LogP contribution in [0.4, 0.5) is 0 Å². The molecule has 4 heteroatoms. The molecule has 0 spiro atoms. The number of aromatic hydroxyl groups is 1. The molecule has 0 fully saturated rings. The zero-order valence-electron chi connectivity index (χ0n) is 42.1. The molecule has 0 unspecified atom stereocenters. The van der Waals surface area contributed by atoms with E-state index in [1.165, 1.54) is 22.3 Å². The molecule has 8 aromatic rings. The van der Waals surface area contributed by atoms with E-state index in [2.05, 4.69) is 221 Å². The average Bonchev–Trinajstić information content (AvgIpc) is 3.64. The van der Waals surface area contributed by atoms with Crippen molar-refractivity contribution in [2.45, 2.75) is 124 Å². The minimum atomic E-state index is -0.667. The molecule has 0 radical (unpaired) electrons. The van der Waals surface area contributed by atoms with Crippen LogP contribution in [0, 0.1) is 0 Å². The van der Waals surface area contributed by atoms with Crippen molar-refractivity contribution < 1.29 is 6.48 Å². The Labute approximate surface area is 389 Å². The van der Waals surface area contributed by atoms with Crippen molar-refractivity contribution in [1.82, 2.24) is 14.5 Å². The lowest BCUT2D eigenvalue weighted by Gasteiger charge is -2.28. The number of aromatic nitrogens is 3. The van der Waals surface area contributed by atoms with Gasteiger partial charge in [0.15, 0.2) is 0 Å². The summed E-state index contributed by atoms with van der Waals surface area (Å²) in [5.41, 5.74) is 16.6. The molecule has 0 aliphatic heterocycles. The summed E-state index contributed by atoms with van der Waals surface area (Å²) in [4.78, 5) is 10.6. The third-order valence-electron chi connectivity index (χ3n) is 12.8. The molecule has 65 heavy (non-hydrogen) atoms. The number of imidazole rings is 1. The van der Waals surface area contributed by atoms with Gasteiger partial charge in [-0.3, -0.25) is 9.55 Å². The van der Waals surface area contributed by atoms with E-state index in [-0.39, 0.29) is 27.4 Å². The molecule has 2 aromatic heterocycles. The van der Waals surface area contributed by atoms with Crippen LogP contribution in [0.25, 0.3) is 72.7 Å². The Hall–Kier alpha value is -6.26. The Morgan fingerprint density at radius 1 is 0.508 bits per heavy atom. The molecule has 332 valence electrons. The lowest BCUT2D eigenvalue weighted by atomic mass is 9.78. The lowest BCUT2D eigenvalue weighted by Crippen LogP contribution is -2.17. The number of pyridine rings is 1. The Morgan fingerprint density at radius 3 is 1.78 bits per heavy atom. The van der Waals surface area contributed by atoms with Gasteiger partial charge in [-0.2, -0.15) is 0 Å². The van der Waals surface area contributed by atoms with Crippen molar-refractivity contribution in [3.63, 3.8) is 0 Å². The highest BCUT2D eigenvalue weighted by Crippen LogP contribution is 2.46. The van der Waals surface area contributed by atoms with Gasteiger partial charge < -0.3 is 5.11 Å². The maximum absolute atomic E-state index is 12.5. The highest BCUT2D eigenvalue weighted by Gasteiger charge is 2.30. The molecular weight excluding hydrogens is 791 g/mol. The third kappa shape index (κ3) is 9.06. The van der Waals surface area contributed by atoms with E-state index in [9.17, 15) is 5.11 Å². The van der Waals surface area contributed by atoms with Crippen LogP contribution in [0.15, 0.2) is 140 Å². The fourth-order valence-corrected chi connectivity index (χ4v) is 8.87. The number of rotatable bonds is 7. The Kier molecular flexibility index (Phi) is 11.2. The second-order valence-electron chi connectivity index (χ2n) is 22.3. The molecule has 0 aliphatic carbocycles. The first-order valence-electron chi connectivity index (χ1n) is 23.6. The monoisotopic (exact) mass is 859 g/mol. The van der Waals surface area contributed by atoms with Crippen molar-refractivity contribution in [1.29, 1.82) is 0 Å². The van der Waals surface area contributed by atoms with E-state index >= 15 is 0 Å². The molecule has 8 rings (SSSR count). The number of nitrogens with zero attached hydrogens (tertiary/aromatic N) is 3. The summed E-state index contributed by atoms with van der Waals surface area (Å²) in [6, 6.07) is 47.6. The maximum atomic E-state index is 12.5. The smallest absolute Gasteiger partial charge is 0.149 e. The highest BCUT2D eigenvalue weighted by molar-refractivity contribution is 5.97. The summed E-state index contributed by atoms with van der Waals surface area (Å²) in [5, 5.41) is 12.5. The standard InChI is InChI=1S/C61H67N3O/c1-38(2)39-23-25-40(26-24-39)42-29-30-62-53(34-42)44-31-43(32-45(33-44)58(3,4)5)49-21-18-22-54-55(49)63-57(50-35-46(59(6,7)8)36-52(56(50)65)61(12,13)14)64(54)47-27-28-48(41-19-16-15-17-20-41)51(37-47)60(9,10)11/h15-38,65H,1-14H3/i38D. The molecule has 2 heterocycles. The van der Waals surface area contributed by atoms with Crippen LogP contribution >= 0.6 is 0 Å². The summed E-state index contributed by atoms with van der Waals surface area (Å²) < 4.78 is 10.8. The van der Waals surface area contributed by atoms with Gasteiger partial charge in [0.1, 0.15) is 11.6 Å². The SMILES string of the molecule is [2H]C(C)(C)c1ccc(-c2ccnc(-c3cc(-c4cccc5c4nc(-c4cc(C(C)(C)C)cc(C(C)(C)C)c4O)n5-c4ccc(-c5ccccc5)c(C(C)(C)C)c4)cc(C(C)(C)C)c3)c2)cc1. The number of phenolic OH excluding ortho intramolecular Hbond substituents is 1. The van der Waals surface area contributed by atoms with E-state index in [1.54, 1.807) is 0 Å². The summed E-state index contributed by atoms with van der Waals surface area (Å²) in [6.07, 6.45) is 1.89. The summed E-state index contributed by atoms with van der Waals surface area (Å²) in [7, 11) is 0. The topological polar surface area (TPSA) is 50.9 Å². The molecule has 6 aromatic carbocycles. The van der Waals surface area contributed by atoms with Crippen LogP contribution in [-0.4, -0.2) is 19.6 Å². The Morgan fingerprint density at radius 2 is 1.15 bits per heavy atom. The number of fused-ring (bicyclic) bond motifs is 1. The number of benzene rings is 6. The number of para-hydroxylation sites is 1. The van der Waals surface area contributed by atoms with Crippen LogP contribution in [0.5, 0.6) is 5.75 Å². The van der Waals surface area contributed by atoms with Gasteiger partial charge >= 0.3 is 0 Å². The molecular formula is C61H67N3O. The van der Waals surface area contributed by atoms with Crippen molar-refractivity contribution in [3.8, 4) is 67.5 Å². The van der Waals surface area contributed by atoms with Gasteiger partial charge in [0, 0.05) is 29.9 Å². The fourth-order valence-electron chi connectivity index (χ4n) is 8.87. The van der Waals surface area contributed by atoms with Crippen LogP contribution in [-0.2, 0) is 21.7 Å². The number of hydrogen-bond acceptors (Lipinski definition) is 3. The van der Waals surface area contributed by atoms with Crippen LogP contribution in [0.3, 0.4) is 0 Å². The summed E-state index contributed by atoms with van der Waals surface area (Å²) in [5.74, 6) is 0.284. The van der Waals surface area contributed by atoms with Crippen molar-refractivity contribution in [3.05, 3.63) is 167 Å². The molecule has 0 amide bonds. The van der Waals surface area contributed by atoms with E-state index in [0.29, 0.717) is 11.4 Å². The fraction of sp³-hybridized carbons (Fsp3) is 0.311. The molecule has 0 bridgehead atoms.